The first-order valence-corrected chi connectivity index (χ1v) is 8.30. The van der Waals surface area contributed by atoms with Crippen molar-refractivity contribution in [2.24, 2.45) is 0 Å². The molecule has 0 saturated carbocycles. The molecular weight excluding hydrogens is 312 g/mol. The lowest BCUT2D eigenvalue weighted by atomic mass is 10.1. The standard InChI is InChI=1S/C21H26N2O2/c1-5-13-22(2)15-17-9-11-19(12-10-17)21(24)23(3)16-18-7-6-8-20(14-18)25-4/h5-12,14H,1,13,15-16H2,2-4H3. The number of benzene rings is 2. The quantitative estimate of drug-likeness (QED) is 0.690. The molecule has 0 radical (unpaired) electrons. The van der Waals surface area contributed by atoms with Crippen LogP contribution in [0, 0.1) is 0 Å². The van der Waals surface area contributed by atoms with Crippen molar-refractivity contribution >= 4 is 5.91 Å². The number of likely N-dealkylation sites (N-methyl/N-ethyl adjacent to an activating group) is 1. The van der Waals surface area contributed by atoms with E-state index < -0.39 is 0 Å². The van der Waals surface area contributed by atoms with Gasteiger partial charge in [-0.3, -0.25) is 9.69 Å². The van der Waals surface area contributed by atoms with Gasteiger partial charge in [0.15, 0.2) is 0 Å². The minimum absolute atomic E-state index is 0.00816. The molecule has 4 heteroatoms. The molecule has 0 bridgehead atoms. The van der Waals surface area contributed by atoms with Crippen molar-refractivity contribution in [3.63, 3.8) is 0 Å². The Balaban J connectivity index is 2.00. The summed E-state index contributed by atoms with van der Waals surface area (Å²) in [7, 11) is 5.50. The molecule has 0 spiro atoms. The van der Waals surface area contributed by atoms with Crippen LogP contribution in [0.2, 0.25) is 0 Å². The third-order valence-corrected chi connectivity index (χ3v) is 3.99. The highest BCUT2D eigenvalue weighted by Crippen LogP contribution is 2.15. The smallest absolute Gasteiger partial charge is 0.253 e. The summed E-state index contributed by atoms with van der Waals surface area (Å²) in [6.45, 7) is 5.96. The van der Waals surface area contributed by atoms with Crippen LogP contribution in [-0.4, -0.2) is 43.5 Å². The maximum Gasteiger partial charge on any atom is 0.253 e. The molecule has 0 aliphatic heterocycles. The summed E-state index contributed by atoms with van der Waals surface area (Å²) >= 11 is 0. The Morgan fingerprint density at radius 3 is 2.44 bits per heavy atom. The zero-order valence-electron chi connectivity index (χ0n) is 15.2. The van der Waals surface area contributed by atoms with Crippen LogP contribution >= 0.6 is 0 Å². The van der Waals surface area contributed by atoms with Crippen molar-refractivity contribution in [2.75, 3.05) is 27.7 Å². The first-order chi connectivity index (χ1) is 12.0. The van der Waals surface area contributed by atoms with Gasteiger partial charge in [-0.05, 0) is 42.4 Å². The van der Waals surface area contributed by atoms with Gasteiger partial charge in [0.1, 0.15) is 5.75 Å². The van der Waals surface area contributed by atoms with Crippen LogP contribution < -0.4 is 4.74 Å². The zero-order valence-corrected chi connectivity index (χ0v) is 15.2. The van der Waals surface area contributed by atoms with Crippen LogP contribution in [0.15, 0.2) is 61.2 Å². The molecule has 0 aliphatic rings. The predicted molar refractivity (Wildman–Crippen MR) is 102 cm³/mol. The third-order valence-electron chi connectivity index (χ3n) is 3.99. The van der Waals surface area contributed by atoms with Crippen LogP contribution in [0.4, 0.5) is 0 Å². The van der Waals surface area contributed by atoms with Crippen LogP contribution in [0.3, 0.4) is 0 Å². The average Bonchev–Trinajstić information content (AvgIpc) is 2.62. The summed E-state index contributed by atoms with van der Waals surface area (Å²) in [4.78, 5) is 16.5. The van der Waals surface area contributed by atoms with Gasteiger partial charge in [-0.1, -0.05) is 30.3 Å². The van der Waals surface area contributed by atoms with E-state index in [0.29, 0.717) is 12.1 Å². The Morgan fingerprint density at radius 2 is 1.80 bits per heavy atom. The Bertz CT molecular complexity index is 710. The summed E-state index contributed by atoms with van der Waals surface area (Å²) < 4.78 is 5.23. The molecule has 0 N–H and O–H groups in total. The van der Waals surface area contributed by atoms with E-state index in [4.69, 9.17) is 4.74 Å². The Labute approximate surface area is 150 Å². The van der Waals surface area contributed by atoms with Gasteiger partial charge in [0.2, 0.25) is 0 Å². The van der Waals surface area contributed by atoms with Crippen molar-refractivity contribution in [3.8, 4) is 5.75 Å². The zero-order chi connectivity index (χ0) is 18.2. The van der Waals surface area contributed by atoms with Crippen LogP contribution in [0.25, 0.3) is 0 Å². The van der Waals surface area contributed by atoms with Crippen molar-refractivity contribution < 1.29 is 9.53 Å². The normalized spacial score (nSPS) is 10.6. The number of carbonyl (C=O) groups excluding carboxylic acids is 1. The van der Waals surface area contributed by atoms with Gasteiger partial charge in [0.05, 0.1) is 7.11 Å². The number of rotatable bonds is 8. The molecule has 0 aromatic heterocycles. The lowest BCUT2D eigenvalue weighted by Crippen LogP contribution is -2.26. The van der Waals surface area contributed by atoms with Crippen molar-refractivity contribution in [1.29, 1.82) is 0 Å². The summed E-state index contributed by atoms with van der Waals surface area (Å²) in [5.41, 5.74) is 2.91. The lowest BCUT2D eigenvalue weighted by Gasteiger charge is -2.18. The SMILES string of the molecule is C=CCN(C)Cc1ccc(C(=O)N(C)Cc2cccc(OC)c2)cc1. The number of methoxy groups -OCH3 is 1. The Hall–Kier alpha value is -2.59. The molecule has 0 aliphatic carbocycles. The van der Waals surface area contributed by atoms with Gasteiger partial charge >= 0.3 is 0 Å². The molecule has 0 saturated heterocycles. The van der Waals surface area contributed by atoms with E-state index in [1.54, 1.807) is 12.0 Å². The maximum atomic E-state index is 12.6. The van der Waals surface area contributed by atoms with Gasteiger partial charge in [-0.2, -0.15) is 0 Å². The van der Waals surface area contributed by atoms with Gasteiger partial charge in [0.25, 0.3) is 5.91 Å². The third kappa shape index (κ3) is 5.47. The molecule has 0 heterocycles. The summed E-state index contributed by atoms with van der Waals surface area (Å²) in [6.07, 6.45) is 1.88. The van der Waals surface area contributed by atoms with Gasteiger partial charge in [-0.25, -0.2) is 0 Å². The van der Waals surface area contributed by atoms with E-state index in [-0.39, 0.29) is 5.91 Å². The molecule has 1 amide bonds. The van der Waals surface area contributed by atoms with Crippen LogP contribution in [0.1, 0.15) is 21.5 Å². The summed E-state index contributed by atoms with van der Waals surface area (Å²) in [5, 5.41) is 0. The highest BCUT2D eigenvalue weighted by atomic mass is 16.5. The molecule has 4 nitrogen and oxygen atoms in total. The highest BCUT2D eigenvalue weighted by molar-refractivity contribution is 5.94. The van der Waals surface area contributed by atoms with E-state index in [1.807, 2.05) is 68.7 Å². The second-order valence-electron chi connectivity index (χ2n) is 6.20. The van der Waals surface area contributed by atoms with E-state index >= 15 is 0 Å². The fraction of sp³-hybridized carbons (Fsp3) is 0.286. The second kappa shape index (κ2) is 9.04. The largest absolute Gasteiger partial charge is 0.497 e. The van der Waals surface area contributed by atoms with Crippen molar-refractivity contribution in [3.05, 3.63) is 77.9 Å². The van der Waals surface area contributed by atoms with Crippen molar-refractivity contribution in [1.82, 2.24) is 9.80 Å². The van der Waals surface area contributed by atoms with Gasteiger partial charge in [0, 0.05) is 32.2 Å². The van der Waals surface area contributed by atoms with Gasteiger partial charge in [-0.15, -0.1) is 6.58 Å². The van der Waals surface area contributed by atoms with Crippen LogP contribution in [0.5, 0.6) is 5.75 Å². The number of hydrogen-bond acceptors (Lipinski definition) is 3. The second-order valence-corrected chi connectivity index (χ2v) is 6.20. The van der Waals surface area contributed by atoms with Crippen molar-refractivity contribution in [2.45, 2.75) is 13.1 Å². The number of ether oxygens (including phenoxy) is 1. The lowest BCUT2D eigenvalue weighted by molar-refractivity contribution is 0.0785. The minimum Gasteiger partial charge on any atom is -0.497 e. The fourth-order valence-corrected chi connectivity index (χ4v) is 2.69. The molecule has 132 valence electrons. The first kappa shape index (κ1) is 18.7. The highest BCUT2D eigenvalue weighted by Gasteiger charge is 2.12. The molecule has 2 rings (SSSR count). The average molecular weight is 338 g/mol. The van der Waals surface area contributed by atoms with E-state index in [0.717, 1.165) is 24.4 Å². The monoisotopic (exact) mass is 338 g/mol. The van der Waals surface area contributed by atoms with E-state index in [9.17, 15) is 4.79 Å². The first-order valence-electron chi connectivity index (χ1n) is 8.30. The molecule has 0 atom stereocenters. The maximum absolute atomic E-state index is 12.6. The van der Waals surface area contributed by atoms with E-state index in [2.05, 4.69) is 11.5 Å². The Kier molecular flexibility index (Phi) is 6.78. The molecule has 2 aromatic rings. The summed E-state index contributed by atoms with van der Waals surface area (Å²) in [5.74, 6) is 0.806. The number of amides is 1. The van der Waals surface area contributed by atoms with Crippen LogP contribution in [-0.2, 0) is 13.1 Å². The number of carbonyl (C=O) groups is 1. The number of nitrogens with zero attached hydrogens (tertiary/aromatic N) is 2. The molecular formula is C21H26N2O2. The fourth-order valence-electron chi connectivity index (χ4n) is 2.69. The minimum atomic E-state index is 0.00816. The summed E-state index contributed by atoms with van der Waals surface area (Å²) in [6, 6.07) is 15.6. The topological polar surface area (TPSA) is 32.8 Å². The van der Waals surface area contributed by atoms with Gasteiger partial charge < -0.3 is 9.64 Å². The predicted octanol–water partition coefficient (Wildman–Crippen LogP) is 3.59. The molecule has 0 fully saturated rings. The number of hydrogen-bond donors (Lipinski definition) is 0. The van der Waals surface area contributed by atoms with E-state index in [1.165, 1.54) is 5.56 Å². The molecule has 2 aromatic carbocycles. The molecule has 0 unspecified atom stereocenters. The Morgan fingerprint density at radius 1 is 1.08 bits per heavy atom. The molecule has 25 heavy (non-hydrogen) atoms.